The molecule has 2 aromatic heterocycles. The summed E-state index contributed by atoms with van der Waals surface area (Å²) in [5.74, 6) is -0.0385. The molecule has 6 nitrogen and oxygen atoms in total. The zero-order chi connectivity index (χ0) is 19.7. The number of nitrogens with zero attached hydrogens (tertiary/aromatic N) is 1. The first-order valence-electron chi connectivity index (χ1n) is 9.06. The van der Waals surface area contributed by atoms with Crippen molar-refractivity contribution < 1.29 is 14.0 Å². The van der Waals surface area contributed by atoms with Crippen LogP contribution in [0.3, 0.4) is 0 Å². The van der Waals surface area contributed by atoms with Crippen molar-refractivity contribution in [3.63, 3.8) is 0 Å². The number of ketones is 1. The molecule has 1 aromatic carbocycles. The van der Waals surface area contributed by atoms with E-state index < -0.39 is 0 Å². The largest absolute Gasteiger partial charge is 0.356 e. The second-order valence-electron chi connectivity index (χ2n) is 6.75. The van der Waals surface area contributed by atoms with Gasteiger partial charge in [0.2, 0.25) is 5.91 Å². The predicted molar refractivity (Wildman–Crippen MR) is 105 cm³/mol. The number of hydrogen-bond acceptors (Lipinski definition) is 4. The summed E-state index contributed by atoms with van der Waals surface area (Å²) in [6.45, 7) is 1.42. The van der Waals surface area contributed by atoms with Gasteiger partial charge < -0.3 is 15.6 Å². The monoisotopic (exact) mass is 378 g/mol. The van der Waals surface area contributed by atoms with E-state index in [1.807, 2.05) is 6.07 Å². The van der Waals surface area contributed by atoms with Gasteiger partial charge in [0.15, 0.2) is 5.78 Å². The number of fused-ring (bicyclic) bond motifs is 1. The lowest BCUT2D eigenvalue weighted by Gasteiger charge is -2.14. The summed E-state index contributed by atoms with van der Waals surface area (Å²) >= 11 is 0. The number of anilines is 3. The first-order valence-corrected chi connectivity index (χ1v) is 9.06. The van der Waals surface area contributed by atoms with E-state index in [1.165, 1.54) is 19.1 Å². The molecule has 0 saturated carbocycles. The molecule has 0 bridgehead atoms. The minimum atomic E-state index is -0.327. The van der Waals surface area contributed by atoms with Crippen molar-refractivity contribution in [3.05, 3.63) is 59.7 Å². The van der Waals surface area contributed by atoms with E-state index in [2.05, 4.69) is 20.6 Å². The van der Waals surface area contributed by atoms with Crippen molar-refractivity contribution in [2.24, 2.45) is 0 Å². The number of aromatic amines is 1. The number of aryl methyl sites for hydroxylation is 1. The highest BCUT2D eigenvalue weighted by Gasteiger charge is 2.27. The van der Waals surface area contributed by atoms with E-state index >= 15 is 0 Å². The molecule has 1 aliphatic rings. The van der Waals surface area contributed by atoms with Gasteiger partial charge in [-0.2, -0.15) is 0 Å². The van der Waals surface area contributed by atoms with Crippen LogP contribution in [0.15, 0.2) is 42.6 Å². The number of H-pyrrole nitrogens is 1. The number of hydrogen-bond donors (Lipinski definition) is 3. The van der Waals surface area contributed by atoms with Crippen molar-refractivity contribution in [1.82, 2.24) is 9.97 Å². The van der Waals surface area contributed by atoms with Crippen LogP contribution in [-0.2, 0) is 11.2 Å². The number of halogens is 1. The van der Waals surface area contributed by atoms with Crippen LogP contribution < -0.4 is 10.6 Å². The maximum atomic E-state index is 13.3. The Bertz CT molecular complexity index is 1060. The molecular formula is C21H19FN4O2. The molecular weight excluding hydrogens is 359 g/mol. The van der Waals surface area contributed by atoms with Crippen LogP contribution in [-0.4, -0.2) is 21.7 Å². The molecule has 1 amide bonds. The molecule has 7 heteroatoms. The van der Waals surface area contributed by atoms with Crippen LogP contribution in [0.5, 0.6) is 0 Å². The summed E-state index contributed by atoms with van der Waals surface area (Å²) in [6, 6.07) is 9.54. The number of amides is 1. The van der Waals surface area contributed by atoms with Crippen molar-refractivity contribution >= 4 is 28.9 Å². The standard InChI is InChI=1S/C21H19FN4O2/c1-12(27)24-18-11-13(9-10-23-18)20-21(25-15-7-5-14(22)6-8-15)19-16(26-20)3-2-4-17(19)28/h5-11,25-26H,2-4H2,1H3,(H,23,24,27). The second-order valence-corrected chi connectivity index (χ2v) is 6.75. The molecule has 0 unspecified atom stereocenters. The molecule has 0 spiro atoms. The normalized spacial score (nSPS) is 13.1. The summed E-state index contributed by atoms with van der Waals surface area (Å²) in [7, 11) is 0. The maximum Gasteiger partial charge on any atom is 0.222 e. The predicted octanol–water partition coefficient (Wildman–Crippen LogP) is 4.44. The molecule has 3 N–H and O–H groups in total. The number of rotatable bonds is 4. The molecule has 0 atom stereocenters. The fourth-order valence-electron chi connectivity index (χ4n) is 3.45. The molecule has 3 aromatic rings. The number of aromatic nitrogens is 2. The zero-order valence-corrected chi connectivity index (χ0v) is 15.3. The number of Topliss-reactive ketones (excluding diaryl/α,β-unsaturated/α-hetero) is 1. The number of nitrogens with one attached hydrogen (secondary N) is 3. The highest BCUT2D eigenvalue weighted by molar-refractivity contribution is 6.07. The van der Waals surface area contributed by atoms with Crippen molar-refractivity contribution in [3.8, 4) is 11.3 Å². The molecule has 1 aliphatic carbocycles. The first kappa shape index (κ1) is 17.9. The van der Waals surface area contributed by atoms with Gasteiger partial charge in [-0.25, -0.2) is 9.37 Å². The van der Waals surface area contributed by atoms with E-state index in [0.717, 1.165) is 29.8 Å². The second kappa shape index (κ2) is 7.26. The van der Waals surface area contributed by atoms with Crippen molar-refractivity contribution in [1.29, 1.82) is 0 Å². The van der Waals surface area contributed by atoms with Gasteiger partial charge in [0, 0.05) is 36.5 Å². The molecule has 0 saturated heterocycles. The molecule has 4 rings (SSSR count). The number of benzene rings is 1. The van der Waals surface area contributed by atoms with Crippen LogP contribution in [0.1, 0.15) is 35.8 Å². The fraction of sp³-hybridized carbons (Fsp3) is 0.190. The van der Waals surface area contributed by atoms with E-state index in [1.54, 1.807) is 24.4 Å². The third kappa shape index (κ3) is 3.51. The zero-order valence-electron chi connectivity index (χ0n) is 15.3. The Balaban J connectivity index is 1.82. The van der Waals surface area contributed by atoms with Crippen LogP contribution in [0.2, 0.25) is 0 Å². The van der Waals surface area contributed by atoms with Crippen LogP contribution >= 0.6 is 0 Å². The van der Waals surface area contributed by atoms with Gasteiger partial charge in [-0.05, 0) is 49.2 Å². The molecule has 142 valence electrons. The smallest absolute Gasteiger partial charge is 0.222 e. The van der Waals surface area contributed by atoms with Gasteiger partial charge in [-0.3, -0.25) is 9.59 Å². The minimum Gasteiger partial charge on any atom is -0.356 e. The van der Waals surface area contributed by atoms with Crippen LogP contribution in [0.4, 0.5) is 21.6 Å². The Hall–Kier alpha value is -3.48. The van der Waals surface area contributed by atoms with Gasteiger partial charge in [0.05, 0.1) is 16.9 Å². The Kier molecular flexibility index (Phi) is 4.65. The SMILES string of the molecule is CC(=O)Nc1cc(-c2[nH]c3c(c2Nc2ccc(F)cc2)C(=O)CCC3)ccn1. The average molecular weight is 378 g/mol. The van der Waals surface area contributed by atoms with Crippen molar-refractivity contribution in [2.75, 3.05) is 10.6 Å². The summed E-state index contributed by atoms with van der Waals surface area (Å²) in [5.41, 5.74) is 4.38. The van der Waals surface area contributed by atoms with Crippen molar-refractivity contribution in [2.45, 2.75) is 26.2 Å². The summed E-state index contributed by atoms with van der Waals surface area (Å²) in [6.07, 6.45) is 3.68. The van der Waals surface area contributed by atoms with E-state index in [4.69, 9.17) is 0 Å². The molecule has 0 radical (unpaired) electrons. The Morgan fingerprint density at radius 1 is 1.18 bits per heavy atom. The third-order valence-electron chi connectivity index (χ3n) is 4.65. The van der Waals surface area contributed by atoms with Gasteiger partial charge >= 0.3 is 0 Å². The summed E-state index contributed by atoms with van der Waals surface area (Å²) < 4.78 is 13.3. The fourth-order valence-corrected chi connectivity index (χ4v) is 3.45. The Morgan fingerprint density at radius 2 is 1.96 bits per heavy atom. The lowest BCUT2D eigenvalue weighted by atomic mass is 9.95. The highest BCUT2D eigenvalue weighted by atomic mass is 19.1. The quantitative estimate of drug-likeness (QED) is 0.626. The first-order chi connectivity index (χ1) is 13.5. The number of carbonyl (C=O) groups is 2. The Morgan fingerprint density at radius 3 is 2.71 bits per heavy atom. The van der Waals surface area contributed by atoms with Gasteiger partial charge in [0.25, 0.3) is 0 Å². The van der Waals surface area contributed by atoms with Crippen LogP contribution in [0, 0.1) is 5.82 Å². The average Bonchev–Trinajstić information content (AvgIpc) is 3.03. The topological polar surface area (TPSA) is 86.9 Å². The summed E-state index contributed by atoms with van der Waals surface area (Å²) in [4.78, 5) is 31.5. The molecule has 0 aliphatic heterocycles. The van der Waals surface area contributed by atoms with Gasteiger partial charge in [0.1, 0.15) is 11.6 Å². The van der Waals surface area contributed by atoms with Crippen LogP contribution in [0.25, 0.3) is 11.3 Å². The van der Waals surface area contributed by atoms with E-state index in [-0.39, 0.29) is 17.5 Å². The Labute approximate surface area is 161 Å². The molecule has 2 heterocycles. The van der Waals surface area contributed by atoms with Gasteiger partial charge in [-0.1, -0.05) is 0 Å². The van der Waals surface area contributed by atoms with Gasteiger partial charge in [-0.15, -0.1) is 0 Å². The third-order valence-corrected chi connectivity index (χ3v) is 4.65. The molecule has 0 fully saturated rings. The minimum absolute atomic E-state index is 0.0736. The van der Waals surface area contributed by atoms with E-state index in [9.17, 15) is 14.0 Å². The number of pyridine rings is 1. The van der Waals surface area contributed by atoms with E-state index in [0.29, 0.717) is 29.2 Å². The lowest BCUT2D eigenvalue weighted by molar-refractivity contribution is -0.114. The summed E-state index contributed by atoms with van der Waals surface area (Å²) in [5, 5.41) is 5.94. The molecule has 28 heavy (non-hydrogen) atoms. The maximum absolute atomic E-state index is 13.3. The lowest BCUT2D eigenvalue weighted by Crippen LogP contribution is -2.10. The number of carbonyl (C=O) groups excluding carboxylic acids is 2. The highest BCUT2D eigenvalue weighted by Crippen LogP contribution is 2.39.